The van der Waals surface area contributed by atoms with Crippen molar-refractivity contribution in [3.63, 3.8) is 0 Å². The van der Waals surface area contributed by atoms with Crippen molar-refractivity contribution < 1.29 is 4.79 Å². The number of carbonyl (C=O) groups is 1. The summed E-state index contributed by atoms with van der Waals surface area (Å²) in [4.78, 5) is 17.5. The fraction of sp³-hybridized carbons (Fsp3) is 0.0870. The highest BCUT2D eigenvalue weighted by Crippen LogP contribution is 2.27. The Morgan fingerprint density at radius 1 is 0.897 bits per heavy atom. The lowest BCUT2D eigenvalue weighted by molar-refractivity contribution is 0.101. The van der Waals surface area contributed by atoms with Gasteiger partial charge in [0.05, 0.1) is 16.4 Å². The van der Waals surface area contributed by atoms with E-state index in [1.807, 2.05) is 80.6 Å². The summed E-state index contributed by atoms with van der Waals surface area (Å²) in [5.74, 6) is 0.262. The number of aryl methyl sites for hydroxylation is 2. The summed E-state index contributed by atoms with van der Waals surface area (Å²) < 4.78 is 1.71. The third-order valence-corrected chi connectivity index (χ3v) is 4.96. The number of anilines is 1. The van der Waals surface area contributed by atoms with Gasteiger partial charge >= 0.3 is 0 Å². The highest BCUT2D eigenvalue weighted by Gasteiger charge is 2.20. The zero-order chi connectivity index (χ0) is 20.4. The van der Waals surface area contributed by atoms with Crippen LogP contribution in [0, 0.1) is 13.8 Å². The zero-order valence-electron chi connectivity index (χ0n) is 16.1. The number of carbonyl (C=O) groups excluding carboxylic acids is 1. The molecule has 1 heterocycles. The van der Waals surface area contributed by atoms with Gasteiger partial charge in [-0.1, -0.05) is 72.3 Å². The molecule has 1 aromatic heterocycles. The Kier molecular flexibility index (Phi) is 5.14. The first-order valence-electron chi connectivity index (χ1n) is 9.19. The molecule has 144 valence electrons. The molecular formula is C23H19ClN4O. The summed E-state index contributed by atoms with van der Waals surface area (Å²) in [6, 6.07) is 23.0. The summed E-state index contributed by atoms with van der Waals surface area (Å²) in [7, 11) is 0. The van der Waals surface area contributed by atoms with Crippen LogP contribution < -0.4 is 5.32 Å². The summed E-state index contributed by atoms with van der Waals surface area (Å²) in [5, 5.41) is 7.84. The lowest BCUT2D eigenvalue weighted by Gasteiger charge is -2.09. The number of hydrogen-bond donors (Lipinski definition) is 1. The van der Waals surface area contributed by atoms with Crippen molar-refractivity contribution in [1.29, 1.82) is 0 Å². The number of hydrogen-bond acceptors (Lipinski definition) is 3. The van der Waals surface area contributed by atoms with Crippen LogP contribution in [0.5, 0.6) is 0 Å². The van der Waals surface area contributed by atoms with E-state index in [9.17, 15) is 4.79 Å². The van der Waals surface area contributed by atoms with Crippen molar-refractivity contribution >= 4 is 23.2 Å². The largest absolute Gasteiger partial charge is 0.318 e. The van der Waals surface area contributed by atoms with Crippen molar-refractivity contribution in [2.24, 2.45) is 0 Å². The molecule has 0 radical (unpaired) electrons. The summed E-state index contributed by atoms with van der Waals surface area (Å²) in [6.45, 7) is 3.88. The maximum atomic E-state index is 12.9. The standard InChI is InChI=1S/C23H19ClN4O/c1-15-9-6-7-14-19(15)28-22(17-11-4-3-5-12-17)26-21(27-28)23(29)25-20-16(2)10-8-13-18(20)24/h3-14H,1-2H3,(H,25,29). The topological polar surface area (TPSA) is 59.8 Å². The maximum Gasteiger partial charge on any atom is 0.295 e. The Balaban J connectivity index is 1.79. The highest BCUT2D eigenvalue weighted by atomic mass is 35.5. The number of halogens is 1. The van der Waals surface area contributed by atoms with Crippen LogP contribution in [0.25, 0.3) is 17.1 Å². The van der Waals surface area contributed by atoms with Gasteiger partial charge in [0, 0.05) is 5.56 Å². The molecule has 0 saturated heterocycles. The van der Waals surface area contributed by atoms with Crippen LogP contribution in [-0.2, 0) is 0 Å². The van der Waals surface area contributed by atoms with E-state index in [0.717, 1.165) is 22.4 Å². The summed E-state index contributed by atoms with van der Waals surface area (Å²) in [5.41, 5.74) is 4.20. The number of amides is 1. The molecule has 1 amide bonds. The Morgan fingerprint density at radius 2 is 1.59 bits per heavy atom. The molecule has 0 unspecified atom stereocenters. The number of rotatable bonds is 4. The van der Waals surface area contributed by atoms with Crippen LogP contribution in [0.1, 0.15) is 21.7 Å². The summed E-state index contributed by atoms with van der Waals surface area (Å²) >= 11 is 6.25. The molecule has 1 N–H and O–H groups in total. The minimum absolute atomic E-state index is 0.0754. The van der Waals surface area contributed by atoms with E-state index in [1.165, 1.54) is 0 Å². The molecule has 0 spiro atoms. The number of nitrogens with one attached hydrogen (secondary N) is 1. The van der Waals surface area contributed by atoms with Gasteiger partial charge in [-0.05, 0) is 37.1 Å². The monoisotopic (exact) mass is 402 g/mol. The molecule has 0 bridgehead atoms. The van der Waals surface area contributed by atoms with Crippen molar-refractivity contribution in [2.45, 2.75) is 13.8 Å². The van der Waals surface area contributed by atoms with Crippen molar-refractivity contribution in [3.8, 4) is 17.1 Å². The molecule has 0 aliphatic heterocycles. The van der Waals surface area contributed by atoms with Crippen LogP contribution in [-0.4, -0.2) is 20.7 Å². The van der Waals surface area contributed by atoms with Gasteiger partial charge in [0.25, 0.3) is 5.91 Å². The molecule has 0 aliphatic carbocycles. The van der Waals surface area contributed by atoms with Gasteiger partial charge < -0.3 is 5.32 Å². The average molecular weight is 403 g/mol. The number of aromatic nitrogens is 3. The zero-order valence-corrected chi connectivity index (χ0v) is 16.8. The van der Waals surface area contributed by atoms with Gasteiger partial charge in [-0.15, -0.1) is 5.10 Å². The first-order chi connectivity index (χ1) is 14.0. The van der Waals surface area contributed by atoms with Crippen molar-refractivity contribution in [1.82, 2.24) is 14.8 Å². The lowest BCUT2D eigenvalue weighted by atomic mass is 10.2. The average Bonchev–Trinajstić information content (AvgIpc) is 3.17. The Hall–Kier alpha value is -3.44. The molecule has 0 saturated carbocycles. The fourth-order valence-corrected chi connectivity index (χ4v) is 3.38. The van der Waals surface area contributed by atoms with Gasteiger partial charge in [-0.2, -0.15) is 0 Å². The van der Waals surface area contributed by atoms with E-state index in [2.05, 4.69) is 15.4 Å². The molecular weight excluding hydrogens is 384 g/mol. The summed E-state index contributed by atoms with van der Waals surface area (Å²) in [6.07, 6.45) is 0. The quantitative estimate of drug-likeness (QED) is 0.493. The van der Waals surface area contributed by atoms with E-state index in [4.69, 9.17) is 11.6 Å². The van der Waals surface area contributed by atoms with E-state index < -0.39 is 5.91 Å². The third-order valence-electron chi connectivity index (χ3n) is 4.65. The normalized spacial score (nSPS) is 10.7. The van der Waals surface area contributed by atoms with Gasteiger partial charge in [-0.25, -0.2) is 9.67 Å². The molecule has 5 nitrogen and oxygen atoms in total. The Morgan fingerprint density at radius 3 is 2.31 bits per heavy atom. The van der Waals surface area contributed by atoms with Gasteiger partial charge in [0.2, 0.25) is 5.82 Å². The second kappa shape index (κ2) is 7.89. The molecule has 4 rings (SSSR count). The molecule has 0 atom stereocenters. The molecule has 3 aromatic carbocycles. The Bertz CT molecular complexity index is 1160. The highest BCUT2D eigenvalue weighted by molar-refractivity contribution is 6.34. The van der Waals surface area contributed by atoms with Crippen LogP contribution >= 0.6 is 11.6 Å². The molecule has 0 aliphatic rings. The number of nitrogens with zero attached hydrogens (tertiary/aromatic N) is 3. The van der Waals surface area contributed by atoms with Crippen LogP contribution in [0.4, 0.5) is 5.69 Å². The van der Waals surface area contributed by atoms with Gasteiger partial charge in [-0.3, -0.25) is 4.79 Å². The predicted molar refractivity (Wildman–Crippen MR) is 116 cm³/mol. The van der Waals surface area contributed by atoms with Crippen molar-refractivity contribution in [3.05, 3.63) is 94.8 Å². The number of benzene rings is 3. The van der Waals surface area contributed by atoms with E-state index in [1.54, 1.807) is 10.7 Å². The van der Waals surface area contributed by atoms with Crippen LogP contribution in [0.15, 0.2) is 72.8 Å². The minimum atomic E-state index is -0.411. The SMILES string of the molecule is Cc1ccccc1-n1nc(C(=O)Nc2c(C)cccc2Cl)nc1-c1ccccc1. The van der Waals surface area contributed by atoms with E-state index in [0.29, 0.717) is 16.5 Å². The smallest absolute Gasteiger partial charge is 0.295 e. The second-order valence-electron chi connectivity index (χ2n) is 6.71. The van der Waals surface area contributed by atoms with E-state index in [-0.39, 0.29) is 5.82 Å². The fourth-order valence-electron chi connectivity index (χ4n) is 3.11. The maximum absolute atomic E-state index is 12.9. The molecule has 0 fully saturated rings. The first kappa shape index (κ1) is 18.9. The van der Waals surface area contributed by atoms with Gasteiger partial charge in [0.1, 0.15) is 0 Å². The van der Waals surface area contributed by atoms with Crippen LogP contribution in [0.3, 0.4) is 0 Å². The molecule has 6 heteroatoms. The van der Waals surface area contributed by atoms with Crippen molar-refractivity contribution in [2.75, 3.05) is 5.32 Å². The minimum Gasteiger partial charge on any atom is -0.318 e. The number of para-hydroxylation sites is 2. The third kappa shape index (κ3) is 3.77. The molecule has 4 aromatic rings. The Labute approximate surface area is 174 Å². The first-order valence-corrected chi connectivity index (χ1v) is 9.57. The van der Waals surface area contributed by atoms with E-state index >= 15 is 0 Å². The van der Waals surface area contributed by atoms with Gasteiger partial charge in [0.15, 0.2) is 5.82 Å². The molecule has 29 heavy (non-hydrogen) atoms. The second-order valence-corrected chi connectivity index (χ2v) is 7.12. The predicted octanol–water partition coefficient (Wildman–Crippen LogP) is 5.46. The lowest BCUT2D eigenvalue weighted by Crippen LogP contribution is -2.15. The van der Waals surface area contributed by atoms with Crippen LogP contribution in [0.2, 0.25) is 5.02 Å².